The molecule has 0 saturated carbocycles. The number of H-pyrrole nitrogens is 1. The Balaban J connectivity index is 2.13. The van der Waals surface area contributed by atoms with Crippen LogP contribution in [0.4, 0.5) is 0 Å². The van der Waals surface area contributed by atoms with Crippen molar-refractivity contribution >= 4 is 22.5 Å². The third kappa shape index (κ3) is 1.94. The maximum absolute atomic E-state index is 6.35. The van der Waals surface area contributed by atoms with Crippen molar-refractivity contribution in [2.24, 2.45) is 5.92 Å². The molecule has 2 heterocycles. The number of hydrogen-bond donors (Lipinski definition) is 2. The molecule has 0 amide bonds. The fourth-order valence-electron chi connectivity index (χ4n) is 2.99. The highest BCUT2D eigenvalue weighted by molar-refractivity contribution is 6.35. The van der Waals surface area contributed by atoms with Gasteiger partial charge >= 0.3 is 0 Å². The van der Waals surface area contributed by atoms with Crippen molar-refractivity contribution in [3.05, 3.63) is 34.5 Å². The zero-order chi connectivity index (χ0) is 12.7. The first kappa shape index (κ1) is 12.1. The van der Waals surface area contributed by atoms with Gasteiger partial charge in [-0.05, 0) is 43.0 Å². The van der Waals surface area contributed by atoms with Gasteiger partial charge in [-0.1, -0.05) is 31.5 Å². The number of aromatic nitrogens is 1. The lowest BCUT2D eigenvalue weighted by molar-refractivity contribution is 0.409. The summed E-state index contributed by atoms with van der Waals surface area (Å²) in [6, 6.07) is 6.55. The van der Waals surface area contributed by atoms with Gasteiger partial charge in [-0.15, -0.1) is 0 Å². The molecule has 0 fully saturated rings. The number of rotatable bonds is 2. The summed E-state index contributed by atoms with van der Waals surface area (Å²) in [4.78, 5) is 3.57. The molecule has 0 aliphatic carbocycles. The van der Waals surface area contributed by atoms with Crippen LogP contribution in [0.25, 0.3) is 10.9 Å². The molecule has 0 radical (unpaired) electrons. The molecule has 2 N–H and O–H groups in total. The second kappa shape index (κ2) is 4.60. The van der Waals surface area contributed by atoms with Crippen LogP contribution >= 0.6 is 11.6 Å². The van der Waals surface area contributed by atoms with Gasteiger partial charge in [0, 0.05) is 22.6 Å². The van der Waals surface area contributed by atoms with Gasteiger partial charge in [-0.3, -0.25) is 0 Å². The Kier molecular flexibility index (Phi) is 3.08. The van der Waals surface area contributed by atoms with Crippen LogP contribution in [-0.4, -0.2) is 11.5 Å². The molecule has 3 heteroatoms. The summed E-state index contributed by atoms with van der Waals surface area (Å²) < 4.78 is 0. The summed E-state index contributed by atoms with van der Waals surface area (Å²) >= 11 is 6.35. The summed E-state index contributed by atoms with van der Waals surface area (Å²) in [6.07, 6.45) is 2.23. The van der Waals surface area contributed by atoms with E-state index in [0.29, 0.717) is 12.0 Å². The van der Waals surface area contributed by atoms with Crippen molar-refractivity contribution in [1.82, 2.24) is 10.3 Å². The molecule has 3 rings (SSSR count). The summed E-state index contributed by atoms with van der Waals surface area (Å²) in [5.41, 5.74) is 3.93. The van der Waals surface area contributed by atoms with E-state index >= 15 is 0 Å². The van der Waals surface area contributed by atoms with Crippen LogP contribution in [0.15, 0.2) is 18.2 Å². The van der Waals surface area contributed by atoms with Gasteiger partial charge in [0.1, 0.15) is 0 Å². The van der Waals surface area contributed by atoms with Crippen molar-refractivity contribution in [2.75, 3.05) is 6.54 Å². The lowest BCUT2D eigenvalue weighted by Crippen LogP contribution is -2.30. The van der Waals surface area contributed by atoms with Crippen molar-refractivity contribution < 1.29 is 0 Å². The predicted molar refractivity (Wildman–Crippen MR) is 77.2 cm³/mol. The summed E-state index contributed by atoms with van der Waals surface area (Å²) in [5.74, 6) is 0.690. The van der Waals surface area contributed by atoms with Gasteiger partial charge in [-0.25, -0.2) is 0 Å². The van der Waals surface area contributed by atoms with Crippen molar-refractivity contribution in [2.45, 2.75) is 32.7 Å². The molecule has 0 bridgehead atoms. The van der Waals surface area contributed by atoms with Crippen LogP contribution in [0.1, 0.15) is 37.6 Å². The van der Waals surface area contributed by atoms with E-state index in [1.165, 1.54) is 22.2 Å². The lowest BCUT2D eigenvalue weighted by Gasteiger charge is -2.25. The highest BCUT2D eigenvalue weighted by Gasteiger charge is 2.25. The van der Waals surface area contributed by atoms with Crippen molar-refractivity contribution in [1.29, 1.82) is 0 Å². The fraction of sp³-hybridized carbons (Fsp3) is 0.467. The smallest absolute Gasteiger partial charge is 0.0502 e. The molecular formula is C15H19ClN2. The Hall–Kier alpha value is -0.990. The zero-order valence-corrected chi connectivity index (χ0v) is 11.6. The standard InChI is InChI=1S/C15H19ClN2/c1-9(2)8-13-15-10(6-7-17-13)14-11(16)4-3-5-12(14)18-15/h3-5,9,13,17-18H,6-8H2,1-2H3. The number of benzene rings is 1. The molecule has 1 aliphatic heterocycles. The maximum Gasteiger partial charge on any atom is 0.0502 e. The van der Waals surface area contributed by atoms with E-state index < -0.39 is 0 Å². The number of fused-ring (bicyclic) bond motifs is 3. The molecule has 2 nitrogen and oxygen atoms in total. The second-order valence-electron chi connectivity index (χ2n) is 5.57. The average molecular weight is 263 g/mol. The lowest BCUT2D eigenvalue weighted by atomic mass is 9.93. The minimum atomic E-state index is 0.442. The molecule has 18 heavy (non-hydrogen) atoms. The van der Waals surface area contributed by atoms with E-state index in [1.807, 2.05) is 12.1 Å². The van der Waals surface area contributed by atoms with Crippen LogP contribution < -0.4 is 5.32 Å². The molecule has 1 aromatic carbocycles. The monoisotopic (exact) mass is 262 g/mol. The molecule has 1 aromatic heterocycles. The van der Waals surface area contributed by atoms with E-state index in [0.717, 1.165) is 24.4 Å². The van der Waals surface area contributed by atoms with E-state index in [1.54, 1.807) is 0 Å². The molecule has 1 unspecified atom stereocenters. The number of halogens is 1. The van der Waals surface area contributed by atoms with Gasteiger partial charge in [0.15, 0.2) is 0 Å². The van der Waals surface area contributed by atoms with Gasteiger partial charge < -0.3 is 10.3 Å². The first-order valence-corrected chi connectivity index (χ1v) is 7.07. The number of aromatic amines is 1. The SMILES string of the molecule is CC(C)CC1NCCc2c1[nH]c1cccc(Cl)c21. The fourth-order valence-corrected chi connectivity index (χ4v) is 3.28. The average Bonchev–Trinajstić information content (AvgIpc) is 2.69. The first-order chi connectivity index (χ1) is 8.66. The third-order valence-electron chi connectivity index (χ3n) is 3.73. The van der Waals surface area contributed by atoms with Crippen molar-refractivity contribution in [3.8, 4) is 0 Å². The van der Waals surface area contributed by atoms with Crippen LogP contribution in [0.3, 0.4) is 0 Å². The molecule has 2 aromatic rings. The quantitative estimate of drug-likeness (QED) is 0.840. The Morgan fingerprint density at radius 3 is 3.00 bits per heavy atom. The molecule has 0 saturated heterocycles. The molecule has 96 valence electrons. The van der Waals surface area contributed by atoms with E-state index in [2.05, 4.69) is 30.2 Å². The Labute approximate surface area is 113 Å². The number of nitrogens with one attached hydrogen (secondary N) is 2. The van der Waals surface area contributed by atoms with Crippen molar-refractivity contribution in [3.63, 3.8) is 0 Å². The Bertz CT molecular complexity index is 571. The van der Waals surface area contributed by atoms with Gasteiger partial charge in [-0.2, -0.15) is 0 Å². The summed E-state index contributed by atoms with van der Waals surface area (Å²) in [6.45, 7) is 5.58. The Morgan fingerprint density at radius 1 is 1.39 bits per heavy atom. The first-order valence-electron chi connectivity index (χ1n) is 6.69. The molecular weight excluding hydrogens is 244 g/mol. The van der Waals surface area contributed by atoms with Crippen LogP contribution in [0.5, 0.6) is 0 Å². The largest absolute Gasteiger partial charge is 0.357 e. The minimum Gasteiger partial charge on any atom is -0.357 e. The van der Waals surface area contributed by atoms with E-state index in [4.69, 9.17) is 11.6 Å². The molecule has 1 aliphatic rings. The summed E-state index contributed by atoms with van der Waals surface area (Å²) in [5, 5.41) is 5.71. The highest BCUT2D eigenvalue weighted by atomic mass is 35.5. The van der Waals surface area contributed by atoms with Gasteiger partial charge in [0.25, 0.3) is 0 Å². The molecule has 1 atom stereocenters. The summed E-state index contributed by atoms with van der Waals surface area (Å²) in [7, 11) is 0. The normalized spacial score (nSPS) is 19.4. The van der Waals surface area contributed by atoms with E-state index in [-0.39, 0.29) is 0 Å². The minimum absolute atomic E-state index is 0.442. The van der Waals surface area contributed by atoms with Gasteiger partial charge in [0.05, 0.1) is 5.02 Å². The molecule has 0 spiro atoms. The van der Waals surface area contributed by atoms with Crippen LogP contribution in [0, 0.1) is 5.92 Å². The van der Waals surface area contributed by atoms with Crippen LogP contribution in [-0.2, 0) is 6.42 Å². The topological polar surface area (TPSA) is 27.8 Å². The predicted octanol–water partition coefficient (Wildman–Crippen LogP) is 4.05. The second-order valence-corrected chi connectivity index (χ2v) is 5.97. The van der Waals surface area contributed by atoms with E-state index in [9.17, 15) is 0 Å². The van der Waals surface area contributed by atoms with Crippen LogP contribution in [0.2, 0.25) is 5.02 Å². The zero-order valence-electron chi connectivity index (χ0n) is 10.9. The maximum atomic E-state index is 6.35. The Morgan fingerprint density at radius 2 is 2.22 bits per heavy atom. The third-order valence-corrected chi connectivity index (χ3v) is 4.05. The number of hydrogen-bond acceptors (Lipinski definition) is 1. The van der Waals surface area contributed by atoms with Gasteiger partial charge in [0.2, 0.25) is 0 Å². The highest BCUT2D eigenvalue weighted by Crippen LogP contribution is 2.36.